The predicted molar refractivity (Wildman–Crippen MR) is 104 cm³/mol. The van der Waals surface area contributed by atoms with Crippen molar-refractivity contribution in [2.75, 3.05) is 6.54 Å². The van der Waals surface area contributed by atoms with Gasteiger partial charge in [0.15, 0.2) is 5.69 Å². The summed E-state index contributed by atoms with van der Waals surface area (Å²) in [6.45, 7) is 2.65. The Balaban J connectivity index is 1.46. The highest BCUT2D eigenvalue weighted by molar-refractivity contribution is 6.05. The molecular weight excluding hydrogens is 354 g/mol. The molecule has 1 aliphatic rings. The van der Waals surface area contributed by atoms with Crippen molar-refractivity contribution < 1.29 is 9.32 Å². The molecule has 0 bridgehead atoms. The molecule has 0 aliphatic carbocycles. The summed E-state index contributed by atoms with van der Waals surface area (Å²) in [5.41, 5.74) is 3.27. The summed E-state index contributed by atoms with van der Waals surface area (Å²) in [6, 6.07) is 15.4. The van der Waals surface area contributed by atoms with Crippen molar-refractivity contribution in [2.24, 2.45) is 0 Å². The molecule has 1 fully saturated rings. The summed E-state index contributed by atoms with van der Waals surface area (Å²) in [7, 11) is 0. The number of carbonyl (C=O) groups is 1. The summed E-state index contributed by atoms with van der Waals surface area (Å²) < 4.78 is 5.52. The summed E-state index contributed by atoms with van der Waals surface area (Å²) in [5, 5.41) is 12.2. The van der Waals surface area contributed by atoms with Gasteiger partial charge < -0.3 is 9.42 Å². The minimum Gasteiger partial charge on any atom is -0.337 e. The van der Waals surface area contributed by atoms with Crippen LogP contribution in [0, 0.1) is 6.92 Å². The maximum absolute atomic E-state index is 13.2. The molecule has 28 heavy (non-hydrogen) atoms. The van der Waals surface area contributed by atoms with E-state index in [-0.39, 0.29) is 11.9 Å². The van der Waals surface area contributed by atoms with Gasteiger partial charge in [-0.2, -0.15) is 10.1 Å². The van der Waals surface area contributed by atoms with Gasteiger partial charge in [0.05, 0.1) is 5.52 Å². The average Bonchev–Trinajstić information content (AvgIpc) is 3.46. The Hall–Kier alpha value is -3.48. The third-order valence-electron chi connectivity index (χ3n) is 5.19. The van der Waals surface area contributed by atoms with Crippen molar-refractivity contribution in [1.82, 2.24) is 25.2 Å². The number of H-pyrrole nitrogens is 1. The number of benzene rings is 2. The lowest BCUT2D eigenvalue weighted by atomic mass is 10.1. The number of hydrogen-bond acceptors (Lipinski definition) is 5. The lowest BCUT2D eigenvalue weighted by Crippen LogP contribution is -2.31. The number of fused-ring (bicyclic) bond motifs is 1. The van der Waals surface area contributed by atoms with Gasteiger partial charge >= 0.3 is 0 Å². The van der Waals surface area contributed by atoms with Gasteiger partial charge in [0.2, 0.25) is 11.7 Å². The van der Waals surface area contributed by atoms with E-state index < -0.39 is 0 Å². The SMILES string of the molecule is Cc1ccc2[nH]nc(C(=O)N3CCCC3c3nc(-c4ccccc4)no3)c2c1. The number of aromatic amines is 1. The Morgan fingerprint density at radius 3 is 2.93 bits per heavy atom. The van der Waals surface area contributed by atoms with E-state index >= 15 is 0 Å². The number of rotatable bonds is 3. The Kier molecular flexibility index (Phi) is 3.93. The van der Waals surface area contributed by atoms with Crippen LogP contribution in [-0.2, 0) is 0 Å². The minimum atomic E-state index is -0.228. The van der Waals surface area contributed by atoms with E-state index in [1.54, 1.807) is 4.90 Å². The Morgan fingerprint density at radius 2 is 2.07 bits per heavy atom. The highest BCUT2D eigenvalue weighted by Gasteiger charge is 2.36. The topological polar surface area (TPSA) is 87.9 Å². The number of aryl methyl sites for hydroxylation is 1. The molecule has 0 saturated carbocycles. The zero-order valence-electron chi connectivity index (χ0n) is 15.4. The number of amides is 1. The second-order valence-corrected chi connectivity index (χ2v) is 7.10. The van der Waals surface area contributed by atoms with Gasteiger partial charge in [-0.25, -0.2) is 0 Å². The highest BCUT2D eigenvalue weighted by Crippen LogP contribution is 2.34. The van der Waals surface area contributed by atoms with E-state index in [4.69, 9.17) is 4.52 Å². The summed E-state index contributed by atoms with van der Waals surface area (Å²) >= 11 is 0. The first-order valence-corrected chi connectivity index (χ1v) is 9.35. The van der Waals surface area contributed by atoms with Crippen molar-refractivity contribution >= 4 is 16.8 Å². The van der Waals surface area contributed by atoms with Gasteiger partial charge in [-0.3, -0.25) is 9.89 Å². The molecule has 1 amide bonds. The molecule has 1 saturated heterocycles. The van der Waals surface area contributed by atoms with Gasteiger partial charge in [-0.1, -0.05) is 47.1 Å². The summed E-state index contributed by atoms with van der Waals surface area (Å²) in [4.78, 5) is 19.6. The van der Waals surface area contributed by atoms with Crippen molar-refractivity contribution in [3.05, 3.63) is 65.7 Å². The largest absolute Gasteiger partial charge is 0.337 e. The highest BCUT2D eigenvalue weighted by atomic mass is 16.5. The Morgan fingerprint density at radius 1 is 1.21 bits per heavy atom. The maximum Gasteiger partial charge on any atom is 0.275 e. The fourth-order valence-electron chi connectivity index (χ4n) is 3.77. The number of carbonyl (C=O) groups excluding carboxylic acids is 1. The van der Waals surface area contributed by atoms with Crippen LogP contribution in [0.2, 0.25) is 0 Å². The average molecular weight is 373 g/mol. The van der Waals surface area contributed by atoms with Gasteiger partial charge in [0.25, 0.3) is 5.91 Å². The lowest BCUT2D eigenvalue weighted by molar-refractivity contribution is 0.0706. The van der Waals surface area contributed by atoms with Crippen LogP contribution in [0.4, 0.5) is 0 Å². The second kappa shape index (κ2) is 6.60. The van der Waals surface area contributed by atoms with Crippen LogP contribution in [-0.4, -0.2) is 37.7 Å². The molecular formula is C21H19N5O2. The van der Waals surface area contributed by atoms with E-state index in [2.05, 4.69) is 20.3 Å². The molecule has 3 heterocycles. The first kappa shape index (κ1) is 16.7. The molecule has 7 heteroatoms. The van der Waals surface area contributed by atoms with Crippen LogP contribution in [0.3, 0.4) is 0 Å². The van der Waals surface area contributed by atoms with Crippen LogP contribution in [0.5, 0.6) is 0 Å². The van der Waals surface area contributed by atoms with Crippen molar-refractivity contribution in [1.29, 1.82) is 0 Å². The van der Waals surface area contributed by atoms with Crippen LogP contribution in [0.15, 0.2) is 53.1 Å². The van der Waals surface area contributed by atoms with E-state index in [1.165, 1.54) is 0 Å². The van der Waals surface area contributed by atoms with Crippen LogP contribution >= 0.6 is 0 Å². The third-order valence-corrected chi connectivity index (χ3v) is 5.19. The maximum atomic E-state index is 13.2. The van der Waals surface area contributed by atoms with Gasteiger partial charge in [0.1, 0.15) is 6.04 Å². The molecule has 4 aromatic rings. The number of nitrogens with zero attached hydrogens (tertiary/aromatic N) is 4. The molecule has 0 spiro atoms. The Bertz CT molecular complexity index is 1150. The van der Waals surface area contributed by atoms with Gasteiger partial charge in [-0.15, -0.1) is 0 Å². The molecule has 7 nitrogen and oxygen atoms in total. The van der Waals surface area contributed by atoms with E-state index in [0.29, 0.717) is 24.0 Å². The van der Waals surface area contributed by atoms with Gasteiger partial charge in [0, 0.05) is 17.5 Å². The zero-order chi connectivity index (χ0) is 19.1. The zero-order valence-corrected chi connectivity index (χ0v) is 15.4. The standard InChI is InChI=1S/C21H19N5O2/c1-13-9-10-16-15(12-13)18(24-23-16)21(27)26-11-5-8-17(26)20-22-19(25-28-20)14-6-3-2-4-7-14/h2-4,6-7,9-10,12,17H,5,8,11H2,1H3,(H,23,24). The summed E-state index contributed by atoms with van der Waals surface area (Å²) in [5.74, 6) is 0.898. The van der Waals surface area contributed by atoms with Crippen LogP contribution in [0.25, 0.3) is 22.3 Å². The van der Waals surface area contributed by atoms with E-state index in [9.17, 15) is 4.79 Å². The van der Waals surface area contributed by atoms with Crippen LogP contribution in [0.1, 0.15) is 40.8 Å². The number of nitrogens with one attached hydrogen (secondary N) is 1. The van der Waals surface area contributed by atoms with Gasteiger partial charge in [-0.05, 0) is 31.9 Å². The monoisotopic (exact) mass is 373 g/mol. The van der Waals surface area contributed by atoms with Crippen molar-refractivity contribution in [3.8, 4) is 11.4 Å². The molecule has 0 radical (unpaired) electrons. The fraction of sp³-hybridized carbons (Fsp3) is 0.238. The third kappa shape index (κ3) is 2.76. The van der Waals surface area contributed by atoms with E-state index in [1.807, 2.05) is 55.5 Å². The molecule has 1 N–H and O–H groups in total. The number of aromatic nitrogens is 4. The molecule has 2 aromatic heterocycles. The molecule has 2 aromatic carbocycles. The van der Waals surface area contributed by atoms with Crippen molar-refractivity contribution in [2.45, 2.75) is 25.8 Å². The minimum absolute atomic E-state index is 0.112. The molecule has 5 rings (SSSR count). The van der Waals surface area contributed by atoms with Crippen molar-refractivity contribution in [3.63, 3.8) is 0 Å². The lowest BCUT2D eigenvalue weighted by Gasteiger charge is -2.20. The number of hydrogen-bond donors (Lipinski definition) is 1. The molecule has 1 atom stereocenters. The normalized spacial score (nSPS) is 16.8. The Labute approximate surface area is 161 Å². The van der Waals surface area contributed by atoms with Crippen LogP contribution < -0.4 is 0 Å². The predicted octanol–water partition coefficient (Wildman–Crippen LogP) is 3.90. The molecule has 1 unspecified atom stereocenters. The van der Waals surface area contributed by atoms with E-state index in [0.717, 1.165) is 34.9 Å². The summed E-state index contributed by atoms with van der Waals surface area (Å²) in [6.07, 6.45) is 1.68. The molecule has 1 aliphatic heterocycles. The smallest absolute Gasteiger partial charge is 0.275 e. The first-order chi connectivity index (χ1) is 13.7. The molecule has 140 valence electrons. The second-order valence-electron chi connectivity index (χ2n) is 7.10. The first-order valence-electron chi connectivity index (χ1n) is 9.35. The number of likely N-dealkylation sites (tertiary alicyclic amines) is 1. The quantitative estimate of drug-likeness (QED) is 0.588. The fourth-order valence-corrected chi connectivity index (χ4v) is 3.77.